The van der Waals surface area contributed by atoms with Crippen molar-refractivity contribution in [2.24, 2.45) is 5.10 Å². The van der Waals surface area contributed by atoms with Gasteiger partial charge in [-0.3, -0.25) is 0 Å². The van der Waals surface area contributed by atoms with Crippen LogP contribution in [0.1, 0.15) is 0 Å². The normalized spacial score (nSPS) is 17.3. The minimum absolute atomic E-state index is 0.840. The highest BCUT2D eigenvalue weighted by Gasteiger charge is 1.75. The zero-order chi connectivity index (χ0) is 4.24. The Bertz CT molecular complexity index is 71.5. The van der Waals surface area contributed by atoms with Gasteiger partial charge in [-0.1, -0.05) is 6.08 Å². The fraction of sp³-hybridized carbons (Fsp3) is 0.250. The van der Waals surface area contributed by atoms with Gasteiger partial charge in [0.05, 0.1) is 6.54 Å². The Hall–Kier alpha value is -0.790. The highest BCUT2D eigenvalue weighted by Crippen LogP contribution is 1.71. The molecule has 1 N–H and O–H groups in total. The van der Waals surface area contributed by atoms with Gasteiger partial charge in [0, 0.05) is 0 Å². The van der Waals surface area contributed by atoms with Gasteiger partial charge in [0.15, 0.2) is 0 Å². The first-order valence-electron chi connectivity index (χ1n) is 1.83. The lowest BCUT2D eigenvalue weighted by molar-refractivity contribution is 0.823. The number of hydrogen-bond donors (Lipinski definition) is 1. The molecule has 0 saturated heterocycles. The molecule has 1 aliphatic heterocycles. The van der Waals surface area contributed by atoms with E-state index in [2.05, 4.69) is 16.7 Å². The third-order valence-electron chi connectivity index (χ3n) is 0.545. The zero-order valence-corrected chi connectivity index (χ0v) is 3.31. The monoisotopic (exact) mass is 81.0 g/mol. The van der Waals surface area contributed by atoms with Crippen LogP contribution in [0, 0.1) is 0 Å². The number of nitrogens with one attached hydrogen (secondary N) is 1. The van der Waals surface area contributed by atoms with E-state index in [0.717, 1.165) is 6.54 Å². The molecule has 0 saturated carbocycles. The predicted octanol–water partition coefficient (Wildman–Crippen LogP) is 0.00860. The molecule has 0 aromatic carbocycles. The van der Waals surface area contributed by atoms with Crippen LogP contribution >= 0.6 is 0 Å². The van der Waals surface area contributed by atoms with Gasteiger partial charge in [-0.2, -0.15) is 5.10 Å². The van der Waals surface area contributed by atoms with Crippen molar-refractivity contribution >= 4 is 6.21 Å². The molecule has 1 aliphatic rings. The zero-order valence-electron chi connectivity index (χ0n) is 3.31. The molecule has 31 valence electrons. The number of hydrazone groups is 1. The summed E-state index contributed by atoms with van der Waals surface area (Å²) in [5.41, 5.74) is 2.71. The van der Waals surface area contributed by atoms with Gasteiger partial charge < -0.3 is 5.43 Å². The van der Waals surface area contributed by atoms with Crippen LogP contribution in [-0.2, 0) is 0 Å². The van der Waals surface area contributed by atoms with Crippen molar-refractivity contribution in [2.75, 3.05) is 6.54 Å². The lowest BCUT2D eigenvalue weighted by Crippen LogP contribution is -2.07. The molecule has 1 rings (SSSR count). The smallest absolute Gasteiger partial charge is 0.110 e. The van der Waals surface area contributed by atoms with Crippen molar-refractivity contribution in [3.63, 3.8) is 0 Å². The Kier molecular flexibility index (Phi) is 0.906. The van der Waals surface area contributed by atoms with E-state index < -0.39 is 0 Å². The lowest BCUT2D eigenvalue weighted by Gasteiger charge is -1.92. The first-order valence-corrected chi connectivity index (χ1v) is 1.83. The van der Waals surface area contributed by atoms with Crippen molar-refractivity contribution < 1.29 is 0 Å². The largest absolute Gasteiger partial charge is 0.306 e. The Labute approximate surface area is 36.6 Å². The van der Waals surface area contributed by atoms with Gasteiger partial charge >= 0.3 is 0 Å². The standard InChI is InChI=1S/C4H5N2/c1-2-4-6-5-3-1/h1-2,5H,3H2. The van der Waals surface area contributed by atoms with Crippen LogP contribution in [0.4, 0.5) is 0 Å². The number of nitrogens with zero attached hydrogens (tertiary/aromatic N) is 1. The van der Waals surface area contributed by atoms with Crippen molar-refractivity contribution in [1.29, 1.82) is 0 Å². The van der Waals surface area contributed by atoms with Crippen molar-refractivity contribution in [2.45, 2.75) is 0 Å². The summed E-state index contributed by atoms with van der Waals surface area (Å²) in [4.78, 5) is 0. The summed E-state index contributed by atoms with van der Waals surface area (Å²) in [7, 11) is 0. The fourth-order valence-corrected chi connectivity index (χ4v) is 0.293. The Morgan fingerprint density at radius 3 is 3.00 bits per heavy atom. The van der Waals surface area contributed by atoms with Crippen LogP contribution < -0.4 is 5.43 Å². The quantitative estimate of drug-likeness (QED) is 0.436. The summed E-state index contributed by atoms with van der Waals surface area (Å²) in [5, 5.41) is 3.59. The summed E-state index contributed by atoms with van der Waals surface area (Å²) >= 11 is 0. The summed E-state index contributed by atoms with van der Waals surface area (Å²) in [6, 6.07) is 0. The van der Waals surface area contributed by atoms with Crippen molar-refractivity contribution in [3.8, 4) is 0 Å². The predicted molar refractivity (Wildman–Crippen MR) is 24.6 cm³/mol. The molecule has 2 nitrogen and oxygen atoms in total. The van der Waals surface area contributed by atoms with E-state index in [4.69, 9.17) is 0 Å². The molecule has 0 spiro atoms. The average Bonchev–Trinajstić information content (AvgIpc) is 1.72. The number of rotatable bonds is 0. The minimum Gasteiger partial charge on any atom is -0.306 e. The summed E-state index contributed by atoms with van der Waals surface area (Å²) < 4.78 is 0. The number of hydrogen-bond acceptors (Lipinski definition) is 2. The highest BCUT2D eigenvalue weighted by molar-refractivity contribution is 5.71. The van der Waals surface area contributed by atoms with Gasteiger partial charge in [-0.25, -0.2) is 0 Å². The second-order valence-corrected chi connectivity index (χ2v) is 1.01. The molecular formula is C4H5N2. The van der Waals surface area contributed by atoms with Crippen LogP contribution in [-0.4, -0.2) is 12.8 Å². The fourth-order valence-electron chi connectivity index (χ4n) is 0.293. The molecule has 0 amide bonds. The van der Waals surface area contributed by atoms with Gasteiger partial charge in [-0.05, 0) is 6.08 Å². The summed E-state index contributed by atoms with van der Waals surface area (Å²) in [6.45, 7) is 0.840. The molecular weight excluding hydrogens is 76.1 g/mol. The number of allylic oxidation sites excluding steroid dienone is 1. The maximum absolute atomic E-state index is 3.59. The van der Waals surface area contributed by atoms with E-state index >= 15 is 0 Å². The molecule has 0 unspecified atom stereocenters. The van der Waals surface area contributed by atoms with E-state index in [1.54, 1.807) is 6.08 Å². The highest BCUT2D eigenvalue weighted by atomic mass is 15.3. The SMILES string of the molecule is [C]1=NNCC=C1. The maximum atomic E-state index is 3.59. The topological polar surface area (TPSA) is 24.4 Å². The van der Waals surface area contributed by atoms with Gasteiger partial charge in [-0.15, -0.1) is 0 Å². The first kappa shape index (κ1) is 3.40. The van der Waals surface area contributed by atoms with Crippen LogP contribution in [0.25, 0.3) is 0 Å². The van der Waals surface area contributed by atoms with Crippen LogP contribution in [0.5, 0.6) is 0 Å². The van der Waals surface area contributed by atoms with Crippen molar-refractivity contribution in [3.05, 3.63) is 12.2 Å². The van der Waals surface area contributed by atoms with E-state index in [1.807, 2.05) is 6.08 Å². The van der Waals surface area contributed by atoms with Crippen LogP contribution in [0.3, 0.4) is 0 Å². The minimum atomic E-state index is 0.840. The van der Waals surface area contributed by atoms with Crippen molar-refractivity contribution in [1.82, 2.24) is 5.43 Å². The second kappa shape index (κ2) is 1.60. The Morgan fingerprint density at radius 1 is 1.83 bits per heavy atom. The molecule has 0 aromatic rings. The van der Waals surface area contributed by atoms with Crippen LogP contribution in [0.15, 0.2) is 17.3 Å². The van der Waals surface area contributed by atoms with Gasteiger partial charge in [0.1, 0.15) is 6.21 Å². The molecule has 0 aliphatic carbocycles. The molecule has 1 heterocycles. The molecule has 0 fully saturated rings. The van der Waals surface area contributed by atoms with E-state index in [0.29, 0.717) is 0 Å². The lowest BCUT2D eigenvalue weighted by atomic mass is 10.5. The average molecular weight is 81.1 g/mol. The molecule has 0 bridgehead atoms. The summed E-state index contributed by atoms with van der Waals surface area (Å²) in [5.74, 6) is 0. The second-order valence-electron chi connectivity index (χ2n) is 1.01. The third kappa shape index (κ3) is 0.578. The molecule has 0 atom stereocenters. The van der Waals surface area contributed by atoms with E-state index in [9.17, 15) is 0 Å². The van der Waals surface area contributed by atoms with Gasteiger partial charge in [0.2, 0.25) is 0 Å². The summed E-state index contributed by atoms with van der Waals surface area (Å²) in [6.07, 6.45) is 6.36. The molecule has 2 heteroatoms. The first-order chi connectivity index (χ1) is 3.00. The molecule has 6 heavy (non-hydrogen) atoms. The van der Waals surface area contributed by atoms with Crippen LogP contribution in [0.2, 0.25) is 0 Å². The maximum Gasteiger partial charge on any atom is 0.110 e. The van der Waals surface area contributed by atoms with E-state index in [-0.39, 0.29) is 0 Å². The third-order valence-corrected chi connectivity index (χ3v) is 0.545. The van der Waals surface area contributed by atoms with Gasteiger partial charge in [0.25, 0.3) is 0 Å². The Morgan fingerprint density at radius 2 is 2.83 bits per heavy atom. The van der Waals surface area contributed by atoms with E-state index in [1.165, 1.54) is 0 Å². The molecule has 0 aromatic heterocycles. The Balaban J connectivity index is 2.46. The molecule has 1 radical (unpaired) electrons.